The van der Waals surface area contributed by atoms with Crippen LogP contribution in [-0.2, 0) is 4.79 Å². The molecule has 194 valence electrons. The number of nitrogens with zero attached hydrogens (tertiary/aromatic N) is 5. The fourth-order valence-electron chi connectivity index (χ4n) is 5.59. The summed E-state index contributed by atoms with van der Waals surface area (Å²) in [5, 5.41) is 24.4. The van der Waals surface area contributed by atoms with E-state index in [9.17, 15) is 14.9 Å². The van der Waals surface area contributed by atoms with Crippen LogP contribution >= 0.6 is 0 Å². The maximum Gasteiger partial charge on any atom is 0.355 e. The SMILES string of the molecule is N#CCCCN1C(=O)C([N+](=O)[O-])=C(N2CCN(C(c3ccccc3)c3ccccc3)CC2)C2NC=CC=C21. The summed E-state index contributed by atoms with van der Waals surface area (Å²) < 4.78 is 0. The molecule has 5 rings (SSSR count). The molecule has 1 amide bonds. The van der Waals surface area contributed by atoms with Crippen LogP contribution in [0.25, 0.3) is 0 Å². The Hall–Kier alpha value is -4.42. The van der Waals surface area contributed by atoms with E-state index in [0.717, 1.165) is 0 Å². The number of benzene rings is 2. The van der Waals surface area contributed by atoms with Gasteiger partial charge in [-0.05, 0) is 35.9 Å². The Labute approximate surface area is 222 Å². The molecule has 3 aliphatic rings. The summed E-state index contributed by atoms with van der Waals surface area (Å²) in [5.41, 5.74) is 3.11. The van der Waals surface area contributed by atoms with Crippen LogP contribution in [0.1, 0.15) is 30.0 Å². The van der Waals surface area contributed by atoms with Crippen LogP contribution in [0, 0.1) is 21.4 Å². The number of unbranched alkanes of at least 4 members (excludes halogenated alkanes) is 1. The average Bonchev–Trinajstić information content (AvgIpc) is 2.95. The van der Waals surface area contributed by atoms with E-state index in [1.807, 2.05) is 47.4 Å². The molecule has 1 fully saturated rings. The highest BCUT2D eigenvalue weighted by Crippen LogP contribution is 2.35. The molecule has 0 radical (unpaired) electrons. The van der Waals surface area contributed by atoms with Gasteiger partial charge in [-0.25, -0.2) is 0 Å². The molecule has 0 aromatic heterocycles. The van der Waals surface area contributed by atoms with E-state index in [2.05, 4.69) is 40.6 Å². The Morgan fingerprint density at radius 2 is 1.66 bits per heavy atom. The summed E-state index contributed by atoms with van der Waals surface area (Å²) in [6, 6.07) is 22.4. The van der Waals surface area contributed by atoms with Crippen LogP contribution < -0.4 is 5.32 Å². The first-order valence-electron chi connectivity index (χ1n) is 12.9. The molecule has 0 aliphatic carbocycles. The third-order valence-corrected chi connectivity index (χ3v) is 7.30. The van der Waals surface area contributed by atoms with Crippen LogP contribution in [0.2, 0.25) is 0 Å². The van der Waals surface area contributed by atoms with Crippen LogP contribution in [0.4, 0.5) is 0 Å². The van der Waals surface area contributed by atoms with Crippen molar-refractivity contribution < 1.29 is 9.72 Å². The molecule has 38 heavy (non-hydrogen) atoms. The highest BCUT2D eigenvalue weighted by molar-refractivity contribution is 5.95. The zero-order chi connectivity index (χ0) is 26.5. The second-order valence-corrected chi connectivity index (χ2v) is 9.51. The zero-order valence-electron chi connectivity index (χ0n) is 21.1. The molecule has 2 aromatic rings. The Bertz CT molecular complexity index is 1270. The fraction of sp³-hybridized carbons (Fsp3) is 0.310. The van der Waals surface area contributed by atoms with Gasteiger partial charge in [-0.3, -0.25) is 19.8 Å². The van der Waals surface area contributed by atoms with Gasteiger partial charge >= 0.3 is 11.6 Å². The first kappa shape index (κ1) is 25.2. The molecule has 0 saturated carbocycles. The monoisotopic (exact) mass is 510 g/mol. The number of nitro groups is 1. The summed E-state index contributed by atoms with van der Waals surface area (Å²) in [6.45, 7) is 2.74. The lowest BCUT2D eigenvalue weighted by atomic mass is 9.95. The highest BCUT2D eigenvalue weighted by atomic mass is 16.6. The van der Waals surface area contributed by atoms with Crippen LogP contribution in [-0.4, -0.2) is 64.3 Å². The maximum absolute atomic E-state index is 13.4. The number of hydrogen-bond donors (Lipinski definition) is 1. The lowest BCUT2D eigenvalue weighted by molar-refractivity contribution is -0.423. The van der Waals surface area contributed by atoms with Crippen molar-refractivity contribution in [1.82, 2.24) is 20.0 Å². The summed E-state index contributed by atoms with van der Waals surface area (Å²) in [5.74, 6) is -0.614. The number of fused-ring (bicyclic) bond motifs is 1. The van der Waals surface area contributed by atoms with Crippen molar-refractivity contribution in [2.45, 2.75) is 24.9 Å². The molecule has 1 atom stereocenters. The van der Waals surface area contributed by atoms with Crippen molar-refractivity contribution in [3.8, 4) is 6.07 Å². The summed E-state index contributed by atoms with van der Waals surface area (Å²) >= 11 is 0. The maximum atomic E-state index is 13.4. The average molecular weight is 511 g/mol. The van der Waals surface area contributed by atoms with Gasteiger partial charge in [0.05, 0.1) is 17.0 Å². The lowest BCUT2D eigenvalue weighted by Gasteiger charge is -2.45. The first-order valence-corrected chi connectivity index (χ1v) is 12.9. The minimum Gasteiger partial charge on any atom is -0.377 e. The van der Waals surface area contributed by atoms with E-state index in [1.54, 1.807) is 12.3 Å². The molecule has 3 heterocycles. The van der Waals surface area contributed by atoms with E-state index < -0.39 is 16.9 Å². The second kappa shape index (κ2) is 11.3. The minimum absolute atomic E-state index is 0.0679. The Balaban J connectivity index is 1.43. The molecular weight excluding hydrogens is 480 g/mol. The molecule has 2 aromatic carbocycles. The number of carbonyl (C=O) groups is 1. The Morgan fingerprint density at radius 3 is 2.24 bits per heavy atom. The topological polar surface area (TPSA) is 106 Å². The third kappa shape index (κ3) is 4.91. The molecule has 1 unspecified atom stereocenters. The zero-order valence-corrected chi connectivity index (χ0v) is 21.1. The molecule has 3 aliphatic heterocycles. The predicted molar refractivity (Wildman–Crippen MR) is 143 cm³/mol. The first-order chi connectivity index (χ1) is 18.6. The molecule has 9 nitrogen and oxygen atoms in total. The Kier molecular flexibility index (Phi) is 7.52. The summed E-state index contributed by atoms with van der Waals surface area (Å²) in [6.07, 6.45) is 6.12. The van der Waals surface area contributed by atoms with Gasteiger partial charge in [0.25, 0.3) is 0 Å². The van der Waals surface area contributed by atoms with Gasteiger partial charge in [-0.15, -0.1) is 0 Å². The van der Waals surface area contributed by atoms with Crippen molar-refractivity contribution in [2.75, 3.05) is 32.7 Å². The van der Waals surface area contributed by atoms with Crippen molar-refractivity contribution in [1.29, 1.82) is 5.26 Å². The number of hydrogen-bond acceptors (Lipinski definition) is 7. The standard InChI is InChI=1S/C29H30N6O3/c30-15-7-8-17-34-24-14-9-16-31-25(24)27(28(29(34)36)35(37)38)33-20-18-32(19-21-33)26(22-10-3-1-4-11-22)23-12-5-2-6-13-23/h1-6,9-14,16,25-26,31H,7-8,17-21H2. The van der Waals surface area contributed by atoms with Crippen LogP contribution in [0.3, 0.4) is 0 Å². The van der Waals surface area contributed by atoms with Gasteiger partial charge in [0.15, 0.2) is 0 Å². The number of piperazine rings is 1. The largest absolute Gasteiger partial charge is 0.377 e. The van der Waals surface area contributed by atoms with Crippen LogP contribution in [0.5, 0.6) is 0 Å². The van der Waals surface area contributed by atoms with Gasteiger partial charge in [-0.1, -0.05) is 60.7 Å². The summed E-state index contributed by atoms with van der Waals surface area (Å²) in [4.78, 5) is 31.0. The van der Waals surface area contributed by atoms with Crippen molar-refractivity contribution in [3.63, 3.8) is 0 Å². The number of amides is 1. The van der Waals surface area contributed by atoms with Gasteiger partial charge in [-0.2, -0.15) is 5.26 Å². The molecule has 0 spiro atoms. The van der Waals surface area contributed by atoms with Crippen molar-refractivity contribution in [3.05, 3.63) is 117 Å². The predicted octanol–water partition coefficient (Wildman–Crippen LogP) is 3.40. The third-order valence-electron chi connectivity index (χ3n) is 7.30. The normalized spacial score (nSPS) is 19.6. The molecule has 1 saturated heterocycles. The number of allylic oxidation sites excluding steroid dienone is 2. The van der Waals surface area contributed by atoms with E-state index in [0.29, 0.717) is 44.0 Å². The number of dihydropyridines is 1. The summed E-state index contributed by atoms with van der Waals surface area (Å²) in [7, 11) is 0. The molecular formula is C29H30N6O3. The smallest absolute Gasteiger partial charge is 0.355 e. The lowest BCUT2D eigenvalue weighted by Crippen LogP contribution is -2.56. The van der Waals surface area contributed by atoms with Crippen molar-refractivity contribution in [2.24, 2.45) is 0 Å². The van der Waals surface area contributed by atoms with Gasteiger partial charge in [0.2, 0.25) is 0 Å². The minimum atomic E-state index is -0.614. The number of rotatable bonds is 8. The quantitative estimate of drug-likeness (QED) is 0.330. The van der Waals surface area contributed by atoms with Crippen LogP contribution in [0.15, 0.2) is 96.1 Å². The fourth-order valence-corrected chi connectivity index (χ4v) is 5.59. The number of nitrogens with one attached hydrogen (secondary N) is 1. The molecule has 0 bridgehead atoms. The van der Waals surface area contributed by atoms with E-state index in [-0.39, 0.29) is 24.7 Å². The van der Waals surface area contributed by atoms with Crippen molar-refractivity contribution >= 4 is 5.91 Å². The van der Waals surface area contributed by atoms with Gasteiger partial charge < -0.3 is 15.1 Å². The van der Waals surface area contributed by atoms with E-state index >= 15 is 0 Å². The van der Waals surface area contributed by atoms with Gasteiger partial charge in [0.1, 0.15) is 11.7 Å². The number of carbonyl (C=O) groups excluding carboxylic acids is 1. The van der Waals surface area contributed by atoms with Gasteiger partial charge in [0, 0.05) is 44.8 Å². The van der Waals surface area contributed by atoms with E-state index in [4.69, 9.17) is 5.26 Å². The number of nitriles is 1. The molecule has 9 heteroatoms. The Morgan fingerprint density at radius 1 is 1.03 bits per heavy atom. The molecule has 1 N–H and O–H groups in total. The second-order valence-electron chi connectivity index (χ2n) is 9.51. The highest BCUT2D eigenvalue weighted by Gasteiger charge is 2.47. The van der Waals surface area contributed by atoms with E-state index in [1.165, 1.54) is 16.0 Å².